The zero-order chi connectivity index (χ0) is 13.8. The van der Waals surface area contributed by atoms with Gasteiger partial charge in [-0.1, -0.05) is 49.4 Å². The van der Waals surface area contributed by atoms with E-state index in [1.54, 1.807) is 0 Å². The summed E-state index contributed by atoms with van der Waals surface area (Å²) in [5.41, 5.74) is 6.74. The van der Waals surface area contributed by atoms with Gasteiger partial charge in [0.05, 0.1) is 6.04 Å². The van der Waals surface area contributed by atoms with Crippen molar-refractivity contribution in [2.24, 2.45) is 0 Å². The maximum Gasteiger partial charge on any atom is 0.0574 e. The van der Waals surface area contributed by atoms with E-state index in [0.29, 0.717) is 0 Å². The molecule has 1 atom stereocenters. The molecule has 100 valence electrons. The summed E-state index contributed by atoms with van der Waals surface area (Å²) < 4.78 is 0. The van der Waals surface area contributed by atoms with E-state index in [-0.39, 0.29) is 6.04 Å². The van der Waals surface area contributed by atoms with Gasteiger partial charge in [0.2, 0.25) is 0 Å². The second-order valence-electron chi connectivity index (χ2n) is 5.16. The highest BCUT2D eigenvalue weighted by Gasteiger charge is 2.12. The van der Waals surface area contributed by atoms with Crippen LogP contribution in [0.25, 0.3) is 0 Å². The Morgan fingerprint density at radius 3 is 2.05 bits per heavy atom. The molecule has 0 heterocycles. The Bertz CT molecular complexity index is 540. The van der Waals surface area contributed by atoms with Crippen LogP contribution < -0.4 is 5.32 Å². The van der Waals surface area contributed by atoms with Crippen LogP contribution in [0.15, 0.2) is 42.5 Å². The smallest absolute Gasteiger partial charge is 0.0574 e. The molecule has 0 aliphatic heterocycles. The van der Waals surface area contributed by atoms with Crippen LogP contribution in [0.5, 0.6) is 0 Å². The maximum atomic E-state index is 3.42. The molecule has 0 fully saturated rings. The first-order chi connectivity index (χ1) is 9.15. The van der Waals surface area contributed by atoms with Crippen molar-refractivity contribution in [2.75, 3.05) is 7.05 Å². The minimum absolute atomic E-state index is 0.269. The molecule has 0 saturated carbocycles. The summed E-state index contributed by atoms with van der Waals surface area (Å²) >= 11 is 0. The van der Waals surface area contributed by atoms with Crippen molar-refractivity contribution in [3.63, 3.8) is 0 Å². The van der Waals surface area contributed by atoms with Gasteiger partial charge in [-0.05, 0) is 55.1 Å². The average molecular weight is 253 g/mol. The normalized spacial score (nSPS) is 12.4. The Hall–Kier alpha value is -1.60. The fourth-order valence-electron chi connectivity index (χ4n) is 2.42. The lowest BCUT2D eigenvalue weighted by Crippen LogP contribution is -2.17. The Balaban J connectivity index is 2.34. The molecule has 2 aromatic carbocycles. The lowest BCUT2D eigenvalue weighted by atomic mass is 9.95. The summed E-state index contributed by atoms with van der Waals surface area (Å²) in [4.78, 5) is 0. The van der Waals surface area contributed by atoms with Gasteiger partial charge in [0, 0.05) is 0 Å². The Morgan fingerprint density at radius 2 is 1.53 bits per heavy atom. The molecule has 2 aromatic rings. The van der Waals surface area contributed by atoms with Gasteiger partial charge in [0.1, 0.15) is 0 Å². The van der Waals surface area contributed by atoms with Gasteiger partial charge < -0.3 is 5.32 Å². The molecule has 2 rings (SSSR count). The first-order valence-electron chi connectivity index (χ1n) is 6.99. The number of hydrogen-bond donors (Lipinski definition) is 1. The van der Waals surface area contributed by atoms with Gasteiger partial charge in [-0.15, -0.1) is 0 Å². The average Bonchev–Trinajstić information content (AvgIpc) is 2.44. The molecule has 19 heavy (non-hydrogen) atoms. The van der Waals surface area contributed by atoms with E-state index in [9.17, 15) is 0 Å². The van der Waals surface area contributed by atoms with Gasteiger partial charge in [-0.25, -0.2) is 0 Å². The van der Waals surface area contributed by atoms with Crippen LogP contribution in [0.4, 0.5) is 0 Å². The molecule has 0 radical (unpaired) electrons. The van der Waals surface area contributed by atoms with Crippen molar-refractivity contribution in [3.8, 4) is 0 Å². The van der Waals surface area contributed by atoms with Crippen LogP contribution in [-0.4, -0.2) is 7.05 Å². The molecule has 0 aromatic heterocycles. The van der Waals surface area contributed by atoms with Crippen molar-refractivity contribution in [3.05, 3.63) is 70.3 Å². The zero-order valence-corrected chi connectivity index (χ0v) is 12.3. The third kappa shape index (κ3) is 3.05. The van der Waals surface area contributed by atoms with E-state index in [2.05, 4.69) is 68.6 Å². The van der Waals surface area contributed by atoms with E-state index in [0.717, 1.165) is 6.42 Å². The molecule has 0 spiro atoms. The van der Waals surface area contributed by atoms with Crippen molar-refractivity contribution in [2.45, 2.75) is 33.2 Å². The van der Waals surface area contributed by atoms with E-state index >= 15 is 0 Å². The molecular formula is C18H23N. The van der Waals surface area contributed by atoms with Gasteiger partial charge in [-0.3, -0.25) is 0 Å². The summed E-state index contributed by atoms with van der Waals surface area (Å²) in [7, 11) is 2.02. The highest BCUT2D eigenvalue weighted by Crippen LogP contribution is 2.24. The molecule has 0 aliphatic rings. The molecule has 1 heteroatoms. The second-order valence-corrected chi connectivity index (χ2v) is 5.16. The molecule has 0 aliphatic carbocycles. The van der Waals surface area contributed by atoms with Crippen LogP contribution in [0.2, 0.25) is 0 Å². The Morgan fingerprint density at radius 1 is 0.895 bits per heavy atom. The van der Waals surface area contributed by atoms with Crippen molar-refractivity contribution in [1.82, 2.24) is 5.32 Å². The zero-order valence-electron chi connectivity index (χ0n) is 12.3. The molecule has 0 amide bonds. The Kier molecular flexibility index (Phi) is 4.39. The van der Waals surface area contributed by atoms with Crippen LogP contribution in [0.1, 0.15) is 40.8 Å². The predicted octanol–water partition coefficient (Wildman–Crippen LogP) is 4.17. The SMILES string of the molecule is CCc1ccc(C(NC)c2ccc(C)c(C)c2)cc1. The van der Waals surface area contributed by atoms with Crippen LogP contribution in [0.3, 0.4) is 0 Å². The molecular weight excluding hydrogens is 230 g/mol. The summed E-state index contributed by atoms with van der Waals surface area (Å²) in [5, 5.41) is 3.42. The minimum Gasteiger partial charge on any atom is -0.309 e. The van der Waals surface area contributed by atoms with Crippen LogP contribution >= 0.6 is 0 Å². The minimum atomic E-state index is 0.269. The van der Waals surface area contributed by atoms with Gasteiger partial charge in [0.15, 0.2) is 0 Å². The molecule has 1 unspecified atom stereocenters. The molecule has 0 bridgehead atoms. The van der Waals surface area contributed by atoms with Gasteiger partial charge in [-0.2, -0.15) is 0 Å². The van der Waals surface area contributed by atoms with Crippen molar-refractivity contribution in [1.29, 1.82) is 0 Å². The number of benzene rings is 2. The van der Waals surface area contributed by atoms with Crippen molar-refractivity contribution >= 4 is 0 Å². The van der Waals surface area contributed by atoms with E-state index in [4.69, 9.17) is 0 Å². The highest BCUT2D eigenvalue weighted by atomic mass is 14.9. The summed E-state index contributed by atoms with van der Waals surface area (Å²) in [6.45, 7) is 6.52. The number of hydrogen-bond acceptors (Lipinski definition) is 1. The van der Waals surface area contributed by atoms with Crippen molar-refractivity contribution < 1.29 is 0 Å². The quantitative estimate of drug-likeness (QED) is 0.862. The lowest BCUT2D eigenvalue weighted by Gasteiger charge is -2.18. The monoisotopic (exact) mass is 253 g/mol. The molecule has 1 nitrogen and oxygen atoms in total. The van der Waals surface area contributed by atoms with Crippen LogP contribution in [0, 0.1) is 13.8 Å². The largest absolute Gasteiger partial charge is 0.309 e. The van der Waals surface area contributed by atoms with Gasteiger partial charge in [0.25, 0.3) is 0 Å². The van der Waals surface area contributed by atoms with Gasteiger partial charge >= 0.3 is 0 Å². The molecule has 0 saturated heterocycles. The second kappa shape index (κ2) is 6.03. The van der Waals surface area contributed by atoms with E-state index in [1.807, 2.05) is 7.05 Å². The predicted molar refractivity (Wildman–Crippen MR) is 82.6 cm³/mol. The number of rotatable bonds is 4. The van der Waals surface area contributed by atoms with E-state index < -0.39 is 0 Å². The van der Waals surface area contributed by atoms with E-state index in [1.165, 1.54) is 27.8 Å². The van der Waals surface area contributed by atoms with Crippen LogP contribution in [-0.2, 0) is 6.42 Å². The first kappa shape index (κ1) is 13.8. The highest BCUT2D eigenvalue weighted by molar-refractivity contribution is 5.37. The Labute approximate surface area is 116 Å². The topological polar surface area (TPSA) is 12.0 Å². The fraction of sp³-hybridized carbons (Fsp3) is 0.333. The summed E-state index contributed by atoms with van der Waals surface area (Å²) in [6, 6.07) is 15.9. The number of aryl methyl sites for hydroxylation is 3. The number of nitrogens with one attached hydrogen (secondary N) is 1. The molecule has 1 N–H and O–H groups in total. The lowest BCUT2D eigenvalue weighted by molar-refractivity contribution is 0.690. The maximum absolute atomic E-state index is 3.42. The third-order valence-corrected chi connectivity index (χ3v) is 3.87. The third-order valence-electron chi connectivity index (χ3n) is 3.87. The standard InChI is InChI=1S/C18H23N/c1-5-15-7-10-16(11-8-15)18(19-4)17-9-6-13(2)14(3)12-17/h6-12,18-19H,5H2,1-4H3. The summed E-state index contributed by atoms with van der Waals surface area (Å²) in [6.07, 6.45) is 1.09. The summed E-state index contributed by atoms with van der Waals surface area (Å²) in [5.74, 6) is 0. The first-order valence-corrected chi connectivity index (χ1v) is 6.99. The fourth-order valence-corrected chi connectivity index (χ4v) is 2.42.